The van der Waals surface area contributed by atoms with Crippen LogP contribution in [0.3, 0.4) is 0 Å². The second-order valence-corrected chi connectivity index (χ2v) is 8.06. The zero-order valence-electron chi connectivity index (χ0n) is 16.6. The van der Waals surface area contributed by atoms with Crippen molar-refractivity contribution in [2.45, 2.75) is 12.6 Å². The summed E-state index contributed by atoms with van der Waals surface area (Å²) in [5, 5.41) is 4.42. The number of carbonyl (C=O) groups is 1. The van der Waals surface area contributed by atoms with Gasteiger partial charge in [-0.2, -0.15) is 0 Å². The van der Waals surface area contributed by atoms with Crippen molar-refractivity contribution in [1.82, 2.24) is 20.1 Å². The van der Waals surface area contributed by atoms with E-state index in [-0.39, 0.29) is 11.9 Å². The molecule has 1 fully saturated rings. The molecule has 1 aliphatic rings. The molecule has 1 amide bonds. The SMILES string of the molecule is CN(C)C[C@@H]1CN(Cc2ccccc2)C[C@H]1NC(=O)c1ccc2cc[nH]c2c1. The monoisotopic (exact) mass is 376 g/mol. The van der Waals surface area contributed by atoms with Crippen molar-refractivity contribution in [2.75, 3.05) is 33.7 Å². The first-order valence-electron chi connectivity index (χ1n) is 9.87. The molecule has 2 atom stereocenters. The van der Waals surface area contributed by atoms with Crippen LogP contribution in [-0.4, -0.2) is 60.5 Å². The number of H-pyrrole nitrogens is 1. The summed E-state index contributed by atoms with van der Waals surface area (Å²) in [7, 11) is 4.19. The molecule has 5 heteroatoms. The van der Waals surface area contributed by atoms with Gasteiger partial charge in [0, 0.05) is 55.4 Å². The Morgan fingerprint density at radius 3 is 2.75 bits per heavy atom. The van der Waals surface area contributed by atoms with E-state index in [2.05, 4.69) is 58.5 Å². The summed E-state index contributed by atoms with van der Waals surface area (Å²) in [6, 6.07) is 18.5. The summed E-state index contributed by atoms with van der Waals surface area (Å²) in [6.45, 7) is 3.76. The number of fused-ring (bicyclic) bond motifs is 1. The zero-order chi connectivity index (χ0) is 19.5. The van der Waals surface area contributed by atoms with E-state index < -0.39 is 0 Å². The predicted octanol–water partition coefficient (Wildman–Crippen LogP) is 2.96. The molecule has 0 bridgehead atoms. The van der Waals surface area contributed by atoms with E-state index in [1.807, 2.05) is 36.5 Å². The summed E-state index contributed by atoms with van der Waals surface area (Å²) in [6.07, 6.45) is 1.90. The van der Waals surface area contributed by atoms with E-state index in [0.717, 1.165) is 37.1 Å². The van der Waals surface area contributed by atoms with Crippen molar-refractivity contribution >= 4 is 16.8 Å². The second-order valence-electron chi connectivity index (χ2n) is 8.06. The van der Waals surface area contributed by atoms with Gasteiger partial charge in [0.1, 0.15) is 0 Å². The lowest BCUT2D eigenvalue weighted by molar-refractivity contribution is 0.0927. The summed E-state index contributed by atoms with van der Waals surface area (Å²) in [4.78, 5) is 20.7. The normalized spacial score (nSPS) is 20.1. The number of nitrogens with one attached hydrogen (secondary N) is 2. The number of rotatable bonds is 6. The van der Waals surface area contributed by atoms with Gasteiger partial charge < -0.3 is 15.2 Å². The van der Waals surface area contributed by atoms with Crippen LogP contribution in [0.15, 0.2) is 60.8 Å². The van der Waals surface area contributed by atoms with Crippen molar-refractivity contribution in [2.24, 2.45) is 5.92 Å². The summed E-state index contributed by atoms with van der Waals surface area (Å²) < 4.78 is 0. The van der Waals surface area contributed by atoms with Crippen LogP contribution < -0.4 is 5.32 Å². The molecule has 0 unspecified atom stereocenters. The number of benzene rings is 2. The number of amides is 1. The van der Waals surface area contributed by atoms with Gasteiger partial charge in [-0.25, -0.2) is 0 Å². The average Bonchev–Trinajstić information content (AvgIpc) is 3.28. The highest BCUT2D eigenvalue weighted by Gasteiger charge is 2.34. The number of aromatic amines is 1. The van der Waals surface area contributed by atoms with Crippen LogP contribution in [0.5, 0.6) is 0 Å². The third kappa shape index (κ3) is 4.26. The van der Waals surface area contributed by atoms with Crippen LogP contribution >= 0.6 is 0 Å². The minimum atomic E-state index is 0.00631. The van der Waals surface area contributed by atoms with Gasteiger partial charge in [-0.3, -0.25) is 9.69 Å². The van der Waals surface area contributed by atoms with E-state index in [0.29, 0.717) is 11.5 Å². The molecular formula is C23H28N4O. The molecule has 5 nitrogen and oxygen atoms in total. The number of likely N-dealkylation sites (tertiary alicyclic amines) is 1. The molecule has 1 saturated heterocycles. The van der Waals surface area contributed by atoms with Crippen LogP contribution in [0.4, 0.5) is 0 Å². The molecule has 1 aliphatic heterocycles. The van der Waals surface area contributed by atoms with E-state index in [4.69, 9.17) is 0 Å². The molecule has 1 aromatic heterocycles. The van der Waals surface area contributed by atoms with Gasteiger partial charge in [-0.05, 0) is 43.2 Å². The van der Waals surface area contributed by atoms with Crippen LogP contribution in [0.1, 0.15) is 15.9 Å². The Labute approximate surface area is 166 Å². The molecule has 28 heavy (non-hydrogen) atoms. The van der Waals surface area contributed by atoms with Gasteiger partial charge in [-0.1, -0.05) is 36.4 Å². The fraction of sp³-hybridized carbons (Fsp3) is 0.348. The fourth-order valence-electron chi connectivity index (χ4n) is 4.19. The Hall–Kier alpha value is -2.63. The number of hydrogen-bond donors (Lipinski definition) is 2. The van der Waals surface area contributed by atoms with Crippen molar-refractivity contribution in [3.05, 3.63) is 71.9 Å². The van der Waals surface area contributed by atoms with Crippen molar-refractivity contribution in [3.8, 4) is 0 Å². The van der Waals surface area contributed by atoms with Crippen LogP contribution in [0.25, 0.3) is 10.9 Å². The Bertz CT molecular complexity index is 934. The molecule has 146 valence electrons. The maximum atomic E-state index is 12.9. The summed E-state index contributed by atoms with van der Waals surface area (Å²) in [5.74, 6) is 0.420. The highest BCUT2D eigenvalue weighted by Crippen LogP contribution is 2.21. The van der Waals surface area contributed by atoms with Gasteiger partial charge in [-0.15, -0.1) is 0 Å². The Kier molecular flexibility index (Phi) is 5.46. The molecule has 2 heterocycles. The molecule has 4 rings (SSSR count). The van der Waals surface area contributed by atoms with Gasteiger partial charge in [0.25, 0.3) is 5.91 Å². The van der Waals surface area contributed by atoms with Crippen molar-refractivity contribution < 1.29 is 4.79 Å². The zero-order valence-corrected chi connectivity index (χ0v) is 16.6. The van der Waals surface area contributed by atoms with E-state index in [1.165, 1.54) is 5.56 Å². The number of carbonyl (C=O) groups excluding carboxylic acids is 1. The van der Waals surface area contributed by atoms with Crippen LogP contribution in [0, 0.1) is 5.92 Å². The molecule has 2 N–H and O–H groups in total. The lowest BCUT2D eigenvalue weighted by Gasteiger charge is -2.23. The van der Waals surface area contributed by atoms with Gasteiger partial charge >= 0.3 is 0 Å². The molecule has 0 aliphatic carbocycles. The number of nitrogens with zero attached hydrogens (tertiary/aromatic N) is 2. The van der Waals surface area contributed by atoms with Crippen LogP contribution in [0.2, 0.25) is 0 Å². The first-order chi connectivity index (χ1) is 13.6. The maximum absolute atomic E-state index is 12.9. The highest BCUT2D eigenvalue weighted by atomic mass is 16.1. The predicted molar refractivity (Wildman–Crippen MR) is 113 cm³/mol. The Balaban J connectivity index is 1.46. The fourth-order valence-corrected chi connectivity index (χ4v) is 4.19. The molecule has 0 saturated carbocycles. The quantitative estimate of drug-likeness (QED) is 0.695. The third-order valence-electron chi connectivity index (χ3n) is 5.50. The first-order valence-corrected chi connectivity index (χ1v) is 9.87. The standard InChI is InChI=1S/C23H28N4O/c1-26(2)14-20-15-27(13-17-6-4-3-5-7-17)16-22(20)25-23(28)19-9-8-18-10-11-24-21(18)12-19/h3-12,20,22,24H,13-16H2,1-2H3,(H,25,28)/t20-,22-/m1/s1. The summed E-state index contributed by atoms with van der Waals surface area (Å²) in [5.41, 5.74) is 3.02. The minimum absolute atomic E-state index is 0.00631. The topological polar surface area (TPSA) is 51.4 Å². The first kappa shape index (κ1) is 18.7. The number of aromatic nitrogens is 1. The van der Waals surface area contributed by atoms with Gasteiger partial charge in [0.15, 0.2) is 0 Å². The third-order valence-corrected chi connectivity index (χ3v) is 5.50. The smallest absolute Gasteiger partial charge is 0.251 e. The average molecular weight is 377 g/mol. The van der Waals surface area contributed by atoms with Crippen molar-refractivity contribution in [1.29, 1.82) is 0 Å². The lowest BCUT2D eigenvalue weighted by atomic mass is 10.0. The minimum Gasteiger partial charge on any atom is -0.361 e. The van der Waals surface area contributed by atoms with Crippen LogP contribution in [-0.2, 0) is 6.54 Å². The molecule has 0 radical (unpaired) electrons. The Morgan fingerprint density at radius 1 is 1.14 bits per heavy atom. The van der Waals surface area contributed by atoms with Gasteiger partial charge in [0.2, 0.25) is 0 Å². The highest BCUT2D eigenvalue weighted by molar-refractivity contribution is 5.98. The summed E-state index contributed by atoms with van der Waals surface area (Å²) >= 11 is 0. The number of hydrogen-bond acceptors (Lipinski definition) is 3. The molecule has 3 aromatic rings. The maximum Gasteiger partial charge on any atom is 0.251 e. The largest absolute Gasteiger partial charge is 0.361 e. The van der Waals surface area contributed by atoms with E-state index in [1.54, 1.807) is 0 Å². The van der Waals surface area contributed by atoms with E-state index >= 15 is 0 Å². The second kappa shape index (κ2) is 8.17. The van der Waals surface area contributed by atoms with E-state index in [9.17, 15) is 4.79 Å². The Morgan fingerprint density at radius 2 is 1.96 bits per heavy atom. The molecule has 2 aromatic carbocycles. The molecular weight excluding hydrogens is 348 g/mol. The lowest BCUT2D eigenvalue weighted by Crippen LogP contribution is -2.43. The van der Waals surface area contributed by atoms with Crippen molar-refractivity contribution in [3.63, 3.8) is 0 Å². The van der Waals surface area contributed by atoms with Gasteiger partial charge in [0.05, 0.1) is 0 Å². The molecule has 0 spiro atoms.